The van der Waals surface area contributed by atoms with Crippen LogP contribution in [0.4, 0.5) is 0 Å². The van der Waals surface area contributed by atoms with E-state index in [1.165, 1.54) is 11.1 Å². The number of rotatable bonds is 2. The molecule has 0 spiro atoms. The largest absolute Gasteiger partial charge is 0.255 e. The highest BCUT2D eigenvalue weighted by molar-refractivity contribution is 6.32. The SMILES string of the molecule is Cc1cnc2c(c1)Cc1nc(Cc3ccccc3)nc(Cl)c1-2. The van der Waals surface area contributed by atoms with Gasteiger partial charge in [-0.15, -0.1) is 0 Å². The predicted octanol–water partition coefficient (Wildman–Crippen LogP) is 4.00. The minimum atomic E-state index is 0.506. The fourth-order valence-corrected chi connectivity index (χ4v) is 3.21. The van der Waals surface area contributed by atoms with Gasteiger partial charge in [-0.2, -0.15) is 0 Å². The molecule has 0 aliphatic heterocycles. The number of fused-ring (bicyclic) bond motifs is 3. The van der Waals surface area contributed by atoms with Crippen molar-refractivity contribution in [3.05, 3.63) is 76.0 Å². The Morgan fingerprint density at radius 3 is 2.77 bits per heavy atom. The molecule has 108 valence electrons. The molecule has 1 aromatic carbocycles. The molecule has 4 rings (SSSR count). The van der Waals surface area contributed by atoms with Crippen molar-refractivity contribution in [1.82, 2.24) is 15.0 Å². The zero-order chi connectivity index (χ0) is 15.1. The van der Waals surface area contributed by atoms with E-state index in [1.54, 1.807) is 0 Å². The van der Waals surface area contributed by atoms with Gasteiger partial charge < -0.3 is 0 Å². The number of nitrogens with zero attached hydrogens (tertiary/aromatic N) is 3. The normalized spacial score (nSPS) is 12.1. The van der Waals surface area contributed by atoms with E-state index >= 15 is 0 Å². The molecular weight excluding hydrogens is 294 g/mol. The van der Waals surface area contributed by atoms with E-state index in [0.717, 1.165) is 34.8 Å². The van der Waals surface area contributed by atoms with Crippen LogP contribution in [0.3, 0.4) is 0 Å². The molecule has 0 saturated carbocycles. The highest BCUT2D eigenvalue weighted by Gasteiger charge is 2.25. The van der Waals surface area contributed by atoms with Gasteiger partial charge in [-0.3, -0.25) is 4.98 Å². The molecule has 0 saturated heterocycles. The first-order chi connectivity index (χ1) is 10.7. The Hall–Kier alpha value is -2.26. The average molecular weight is 308 g/mol. The third-order valence-corrected chi connectivity index (χ3v) is 4.16. The monoisotopic (exact) mass is 307 g/mol. The van der Waals surface area contributed by atoms with E-state index in [-0.39, 0.29) is 0 Å². The maximum absolute atomic E-state index is 6.42. The van der Waals surface area contributed by atoms with Crippen LogP contribution >= 0.6 is 11.6 Å². The van der Waals surface area contributed by atoms with Gasteiger partial charge in [0.2, 0.25) is 0 Å². The third kappa shape index (κ3) is 2.28. The lowest BCUT2D eigenvalue weighted by molar-refractivity contribution is 0.934. The number of benzene rings is 1. The van der Waals surface area contributed by atoms with Crippen molar-refractivity contribution in [3.8, 4) is 11.3 Å². The minimum absolute atomic E-state index is 0.506. The van der Waals surface area contributed by atoms with Crippen molar-refractivity contribution < 1.29 is 0 Å². The zero-order valence-corrected chi connectivity index (χ0v) is 12.9. The van der Waals surface area contributed by atoms with Gasteiger partial charge in [-0.25, -0.2) is 9.97 Å². The van der Waals surface area contributed by atoms with Gasteiger partial charge in [0.1, 0.15) is 11.0 Å². The molecule has 0 bridgehead atoms. The molecule has 0 atom stereocenters. The summed E-state index contributed by atoms with van der Waals surface area (Å²) < 4.78 is 0. The van der Waals surface area contributed by atoms with Crippen LogP contribution in [-0.2, 0) is 12.8 Å². The van der Waals surface area contributed by atoms with E-state index < -0.39 is 0 Å². The summed E-state index contributed by atoms with van der Waals surface area (Å²) in [6, 6.07) is 12.3. The lowest BCUT2D eigenvalue weighted by Gasteiger charge is -2.06. The van der Waals surface area contributed by atoms with E-state index in [0.29, 0.717) is 11.6 Å². The van der Waals surface area contributed by atoms with E-state index in [4.69, 9.17) is 16.6 Å². The number of halogens is 1. The Balaban J connectivity index is 1.75. The van der Waals surface area contributed by atoms with Crippen molar-refractivity contribution in [2.45, 2.75) is 19.8 Å². The van der Waals surface area contributed by atoms with Crippen molar-refractivity contribution >= 4 is 11.6 Å². The second kappa shape index (κ2) is 5.18. The summed E-state index contributed by atoms with van der Waals surface area (Å²) in [6.45, 7) is 2.05. The molecule has 1 aliphatic rings. The second-order valence-corrected chi connectivity index (χ2v) is 5.97. The molecule has 2 aromatic heterocycles. The summed E-state index contributed by atoms with van der Waals surface area (Å²) in [6.07, 6.45) is 3.34. The van der Waals surface area contributed by atoms with Crippen LogP contribution in [-0.4, -0.2) is 15.0 Å². The molecule has 0 N–H and O–H groups in total. The van der Waals surface area contributed by atoms with Crippen LogP contribution < -0.4 is 0 Å². The van der Waals surface area contributed by atoms with Gasteiger partial charge in [-0.05, 0) is 23.6 Å². The number of aromatic nitrogens is 3. The van der Waals surface area contributed by atoms with Crippen LogP contribution in [0.15, 0.2) is 42.6 Å². The highest BCUT2D eigenvalue weighted by atomic mass is 35.5. The maximum atomic E-state index is 6.42. The number of hydrogen-bond acceptors (Lipinski definition) is 3. The van der Waals surface area contributed by atoms with Crippen molar-refractivity contribution in [2.24, 2.45) is 0 Å². The topological polar surface area (TPSA) is 38.7 Å². The van der Waals surface area contributed by atoms with Crippen molar-refractivity contribution in [1.29, 1.82) is 0 Å². The van der Waals surface area contributed by atoms with Crippen molar-refractivity contribution in [3.63, 3.8) is 0 Å². The molecule has 4 heteroatoms. The van der Waals surface area contributed by atoms with E-state index in [1.807, 2.05) is 31.3 Å². The molecule has 2 heterocycles. The van der Waals surface area contributed by atoms with Gasteiger partial charge in [0.15, 0.2) is 0 Å². The van der Waals surface area contributed by atoms with E-state index in [9.17, 15) is 0 Å². The standard InChI is InChI=1S/C18H14ClN3/c1-11-7-13-9-14-16(17(13)20-10-11)18(19)22-15(21-14)8-12-5-3-2-4-6-12/h2-7,10H,8-9H2,1H3. The molecule has 3 nitrogen and oxygen atoms in total. The van der Waals surface area contributed by atoms with Crippen LogP contribution in [0.1, 0.15) is 28.2 Å². The molecule has 0 radical (unpaired) electrons. The summed E-state index contributed by atoms with van der Waals surface area (Å²) >= 11 is 6.42. The van der Waals surface area contributed by atoms with Gasteiger partial charge in [0.25, 0.3) is 0 Å². The fraction of sp³-hybridized carbons (Fsp3) is 0.167. The Morgan fingerprint density at radius 2 is 1.95 bits per heavy atom. The maximum Gasteiger partial charge on any atom is 0.142 e. The van der Waals surface area contributed by atoms with Crippen LogP contribution in [0, 0.1) is 6.92 Å². The highest BCUT2D eigenvalue weighted by Crippen LogP contribution is 2.38. The molecular formula is C18H14ClN3. The predicted molar refractivity (Wildman–Crippen MR) is 87.1 cm³/mol. The van der Waals surface area contributed by atoms with Crippen LogP contribution in [0.25, 0.3) is 11.3 Å². The van der Waals surface area contributed by atoms with Gasteiger partial charge in [-0.1, -0.05) is 48.0 Å². The van der Waals surface area contributed by atoms with Gasteiger partial charge >= 0.3 is 0 Å². The first-order valence-electron chi connectivity index (χ1n) is 7.26. The Bertz CT molecular complexity index is 860. The van der Waals surface area contributed by atoms with Gasteiger partial charge in [0.05, 0.1) is 17.0 Å². The fourth-order valence-electron chi connectivity index (χ4n) is 2.91. The second-order valence-electron chi connectivity index (χ2n) is 5.61. The molecule has 0 amide bonds. The molecule has 0 fully saturated rings. The van der Waals surface area contributed by atoms with Crippen molar-refractivity contribution in [2.75, 3.05) is 0 Å². The minimum Gasteiger partial charge on any atom is -0.255 e. The van der Waals surface area contributed by atoms with E-state index in [2.05, 4.69) is 28.2 Å². The third-order valence-electron chi connectivity index (χ3n) is 3.89. The number of aryl methyl sites for hydroxylation is 1. The number of pyridine rings is 1. The summed E-state index contributed by atoms with van der Waals surface area (Å²) in [7, 11) is 0. The molecule has 22 heavy (non-hydrogen) atoms. The summed E-state index contributed by atoms with van der Waals surface area (Å²) in [4.78, 5) is 13.7. The lowest BCUT2D eigenvalue weighted by atomic mass is 10.1. The van der Waals surface area contributed by atoms with Crippen LogP contribution in [0.2, 0.25) is 5.15 Å². The average Bonchev–Trinajstić information content (AvgIpc) is 2.85. The Labute approximate surface area is 134 Å². The quantitative estimate of drug-likeness (QED) is 0.525. The molecule has 1 aliphatic carbocycles. The summed E-state index contributed by atoms with van der Waals surface area (Å²) in [5, 5.41) is 0.506. The molecule has 3 aromatic rings. The summed E-state index contributed by atoms with van der Waals surface area (Å²) in [5.74, 6) is 0.763. The zero-order valence-electron chi connectivity index (χ0n) is 12.2. The first-order valence-corrected chi connectivity index (χ1v) is 7.63. The Morgan fingerprint density at radius 1 is 1.14 bits per heavy atom. The number of hydrogen-bond donors (Lipinski definition) is 0. The van der Waals surface area contributed by atoms with Crippen LogP contribution in [0.5, 0.6) is 0 Å². The molecule has 0 unspecified atom stereocenters. The lowest BCUT2D eigenvalue weighted by Crippen LogP contribution is -2.01. The summed E-state index contributed by atoms with van der Waals surface area (Å²) in [5.41, 5.74) is 6.33. The smallest absolute Gasteiger partial charge is 0.142 e. The Kier molecular flexibility index (Phi) is 3.16. The van der Waals surface area contributed by atoms with Gasteiger partial charge in [0, 0.05) is 19.0 Å². The first kappa shape index (κ1) is 13.4.